The van der Waals surface area contributed by atoms with E-state index in [1.54, 1.807) is 0 Å². The summed E-state index contributed by atoms with van der Waals surface area (Å²) in [6.45, 7) is 13.1. The van der Waals surface area contributed by atoms with E-state index in [0.29, 0.717) is 0 Å². The average molecular weight is 282 g/mol. The van der Waals surface area contributed by atoms with Crippen LogP contribution in [0.5, 0.6) is 0 Å². The van der Waals surface area contributed by atoms with Crippen molar-refractivity contribution in [2.24, 2.45) is 0 Å². The van der Waals surface area contributed by atoms with E-state index in [-0.39, 0.29) is 0 Å². The maximum Gasteiger partial charge on any atom is -0.0305 e. The average Bonchev–Trinajstić information content (AvgIpc) is 2.52. The molecular weight excluding hydrogens is 252 g/mol. The van der Waals surface area contributed by atoms with E-state index in [1.165, 1.54) is 33.4 Å². The fraction of sp³-hybridized carbons (Fsp3) is 0.429. The highest BCUT2D eigenvalue weighted by Gasteiger charge is 1.98. The molecule has 0 heteroatoms. The first kappa shape index (κ1) is 17.5. The molecule has 0 nitrogen and oxygen atoms in total. The molecule has 0 bridgehead atoms. The molecule has 2 rings (SSSR count). The van der Waals surface area contributed by atoms with Gasteiger partial charge in [0.2, 0.25) is 0 Å². The van der Waals surface area contributed by atoms with Crippen LogP contribution in [0.15, 0.2) is 36.4 Å². The first-order valence-corrected chi connectivity index (χ1v) is 8.16. The normalized spacial score (nSPS) is 10.0. The first-order chi connectivity index (χ1) is 10.0. The number of hydrogen-bond donors (Lipinski definition) is 0. The SMILES string of the molecule is CCc1ccc(CC)c(CC)c1.Cc1cccc(C)c1C. The second-order valence-corrected chi connectivity index (χ2v) is 5.68. The Morgan fingerprint density at radius 1 is 0.667 bits per heavy atom. The molecule has 0 aliphatic carbocycles. The highest BCUT2D eigenvalue weighted by molar-refractivity contribution is 5.32. The Labute approximate surface area is 131 Å². The molecule has 0 heterocycles. The Balaban J connectivity index is 0.000000219. The monoisotopic (exact) mass is 282 g/mol. The van der Waals surface area contributed by atoms with Crippen molar-refractivity contribution in [2.75, 3.05) is 0 Å². The zero-order valence-electron chi connectivity index (χ0n) is 14.6. The maximum atomic E-state index is 2.35. The van der Waals surface area contributed by atoms with Crippen LogP contribution >= 0.6 is 0 Å². The Morgan fingerprint density at radius 3 is 1.67 bits per heavy atom. The van der Waals surface area contributed by atoms with Gasteiger partial charge in [-0.3, -0.25) is 0 Å². The van der Waals surface area contributed by atoms with Gasteiger partial charge in [0.15, 0.2) is 0 Å². The predicted molar refractivity (Wildman–Crippen MR) is 95.2 cm³/mol. The highest BCUT2D eigenvalue weighted by Crippen LogP contribution is 2.13. The molecule has 0 radical (unpaired) electrons. The summed E-state index contributed by atoms with van der Waals surface area (Å²) in [5.41, 5.74) is 8.68. The number of benzene rings is 2. The lowest BCUT2D eigenvalue weighted by molar-refractivity contribution is 1.02. The fourth-order valence-electron chi connectivity index (χ4n) is 2.47. The molecule has 2 aromatic carbocycles. The highest BCUT2D eigenvalue weighted by atomic mass is 14.0. The molecule has 0 amide bonds. The van der Waals surface area contributed by atoms with Gasteiger partial charge in [-0.15, -0.1) is 0 Å². The summed E-state index contributed by atoms with van der Waals surface area (Å²) in [5, 5.41) is 0. The molecule has 0 N–H and O–H groups in total. The van der Waals surface area contributed by atoms with Crippen molar-refractivity contribution in [1.29, 1.82) is 0 Å². The minimum Gasteiger partial charge on any atom is -0.0617 e. The smallest absolute Gasteiger partial charge is 0.0305 e. The van der Waals surface area contributed by atoms with Gasteiger partial charge in [0.05, 0.1) is 0 Å². The van der Waals surface area contributed by atoms with Crippen molar-refractivity contribution in [3.63, 3.8) is 0 Å². The van der Waals surface area contributed by atoms with Crippen LogP contribution in [0.1, 0.15) is 54.2 Å². The molecule has 114 valence electrons. The van der Waals surface area contributed by atoms with Crippen LogP contribution in [-0.2, 0) is 19.3 Å². The van der Waals surface area contributed by atoms with Crippen molar-refractivity contribution in [2.45, 2.75) is 60.8 Å². The summed E-state index contributed by atoms with van der Waals surface area (Å²) in [7, 11) is 0. The van der Waals surface area contributed by atoms with Crippen molar-refractivity contribution in [3.8, 4) is 0 Å². The lowest BCUT2D eigenvalue weighted by Crippen LogP contribution is -1.92. The summed E-state index contributed by atoms with van der Waals surface area (Å²) in [5.74, 6) is 0. The molecule has 0 unspecified atom stereocenters. The van der Waals surface area contributed by atoms with E-state index >= 15 is 0 Å². The molecular formula is C21H30. The molecule has 2 aromatic rings. The van der Waals surface area contributed by atoms with E-state index < -0.39 is 0 Å². The van der Waals surface area contributed by atoms with Crippen molar-refractivity contribution < 1.29 is 0 Å². The summed E-state index contributed by atoms with van der Waals surface area (Å²) in [6.07, 6.45) is 3.47. The molecule has 0 saturated carbocycles. The molecule has 0 aromatic heterocycles. The third kappa shape index (κ3) is 5.04. The van der Waals surface area contributed by atoms with Crippen molar-refractivity contribution in [1.82, 2.24) is 0 Å². The van der Waals surface area contributed by atoms with Gasteiger partial charge in [-0.25, -0.2) is 0 Å². The second kappa shape index (κ2) is 8.67. The molecule has 0 aliphatic heterocycles. The molecule has 21 heavy (non-hydrogen) atoms. The van der Waals surface area contributed by atoms with Gasteiger partial charge in [-0.2, -0.15) is 0 Å². The van der Waals surface area contributed by atoms with Crippen LogP contribution in [0.25, 0.3) is 0 Å². The summed E-state index contributed by atoms with van der Waals surface area (Å²) >= 11 is 0. The molecule has 0 fully saturated rings. The lowest BCUT2D eigenvalue weighted by atomic mass is 9.99. The number of hydrogen-bond acceptors (Lipinski definition) is 0. The van der Waals surface area contributed by atoms with Gasteiger partial charge < -0.3 is 0 Å². The molecule has 0 saturated heterocycles. The first-order valence-electron chi connectivity index (χ1n) is 8.16. The zero-order valence-corrected chi connectivity index (χ0v) is 14.6. The van der Waals surface area contributed by atoms with Crippen LogP contribution in [0.2, 0.25) is 0 Å². The quantitative estimate of drug-likeness (QED) is 0.649. The van der Waals surface area contributed by atoms with Gasteiger partial charge in [-0.1, -0.05) is 57.2 Å². The van der Waals surface area contributed by atoms with E-state index in [4.69, 9.17) is 0 Å². The summed E-state index contributed by atoms with van der Waals surface area (Å²) in [4.78, 5) is 0. The second-order valence-electron chi connectivity index (χ2n) is 5.68. The van der Waals surface area contributed by atoms with Gasteiger partial charge in [0.1, 0.15) is 0 Å². The van der Waals surface area contributed by atoms with E-state index in [9.17, 15) is 0 Å². The molecule has 0 aliphatic rings. The van der Waals surface area contributed by atoms with Gasteiger partial charge >= 0.3 is 0 Å². The van der Waals surface area contributed by atoms with Gasteiger partial charge in [0, 0.05) is 0 Å². The van der Waals surface area contributed by atoms with Crippen molar-refractivity contribution in [3.05, 3.63) is 69.8 Å². The van der Waals surface area contributed by atoms with Crippen molar-refractivity contribution >= 4 is 0 Å². The van der Waals surface area contributed by atoms with E-state index in [2.05, 4.69) is 77.9 Å². The topological polar surface area (TPSA) is 0 Å². The Bertz CT molecular complexity index is 544. The maximum absolute atomic E-state index is 2.35. The molecule has 0 spiro atoms. The third-order valence-electron chi connectivity index (χ3n) is 4.32. The van der Waals surface area contributed by atoms with Crippen LogP contribution in [0, 0.1) is 20.8 Å². The number of aryl methyl sites for hydroxylation is 5. The van der Waals surface area contributed by atoms with Crippen LogP contribution < -0.4 is 0 Å². The number of rotatable bonds is 3. The van der Waals surface area contributed by atoms with Crippen LogP contribution in [-0.4, -0.2) is 0 Å². The van der Waals surface area contributed by atoms with Crippen LogP contribution in [0.3, 0.4) is 0 Å². The Hall–Kier alpha value is -1.56. The third-order valence-corrected chi connectivity index (χ3v) is 4.32. The van der Waals surface area contributed by atoms with E-state index in [1.807, 2.05) is 0 Å². The largest absolute Gasteiger partial charge is 0.0617 e. The summed E-state index contributed by atoms with van der Waals surface area (Å²) < 4.78 is 0. The lowest BCUT2D eigenvalue weighted by Gasteiger charge is -2.07. The van der Waals surface area contributed by atoms with Gasteiger partial charge in [0.25, 0.3) is 0 Å². The summed E-state index contributed by atoms with van der Waals surface area (Å²) in [6, 6.07) is 13.2. The zero-order chi connectivity index (χ0) is 15.8. The van der Waals surface area contributed by atoms with Crippen LogP contribution in [0.4, 0.5) is 0 Å². The van der Waals surface area contributed by atoms with Gasteiger partial charge in [-0.05, 0) is 73.4 Å². The fourth-order valence-corrected chi connectivity index (χ4v) is 2.47. The predicted octanol–water partition coefficient (Wildman–Crippen LogP) is 5.99. The minimum atomic E-state index is 1.15. The Morgan fingerprint density at radius 2 is 1.24 bits per heavy atom. The molecule has 0 atom stereocenters. The Kier molecular flexibility index (Phi) is 7.22. The minimum absolute atomic E-state index is 1.15. The van der Waals surface area contributed by atoms with E-state index in [0.717, 1.165) is 19.3 Å². The standard InChI is InChI=1S/C12H18.C9H12/c1-4-10-7-8-11(5-2)12(6-3)9-10;1-7-5-4-6-8(2)9(7)3/h7-9H,4-6H2,1-3H3;4-6H,1-3H3.